The van der Waals surface area contributed by atoms with Gasteiger partial charge >= 0.3 is 14.5 Å². The maximum atomic E-state index is 11.9. The van der Waals surface area contributed by atoms with Gasteiger partial charge in [-0.3, -0.25) is 0 Å². The molecular weight excluding hydrogens is 424 g/mol. The molecule has 0 spiro atoms. The molecule has 0 aromatic carbocycles. The number of hydrogen-bond donors (Lipinski definition) is 1. The summed E-state index contributed by atoms with van der Waals surface area (Å²) in [6, 6.07) is 0.800. The lowest BCUT2D eigenvalue weighted by atomic mass is 10.3. The zero-order chi connectivity index (χ0) is 22.9. The topological polar surface area (TPSA) is 83.5 Å². The Morgan fingerprint density at radius 1 is 0.966 bits per heavy atom. The van der Waals surface area contributed by atoms with Gasteiger partial charge in [-0.25, -0.2) is 4.79 Å². The number of ether oxygens (including phenoxy) is 3. The Kier molecular flexibility index (Phi) is 12.4. The minimum Gasteiger partial charge on any atom is -0.437 e. The zero-order valence-electron chi connectivity index (χ0n) is 19.8. The highest BCUT2D eigenvalue weighted by Gasteiger charge is 2.39. The van der Waals surface area contributed by atoms with E-state index >= 15 is 0 Å². The summed E-state index contributed by atoms with van der Waals surface area (Å²) in [5.74, 6) is -0.530. The van der Waals surface area contributed by atoms with Gasteiger partial charge in [0.05, 0.1) is 19.8 Å². The highest BCUT2D eigenvalue weighted by molar-refractivity contribution is 6.87. The van der Waals surface area contributed by atoms with Crippen molar-refractivity contribution in [3.8, 4) is 0 Å². The van der Waals surface area contributed by atoms with Crippen LogP contribution < -0.4 is 0 Å². The monoisotopic (exact) mass is 466 g/mol. The van der Waals surface area contributed by atoms with Crippen LogP contribution in [-0.4, -0.2) is 68.5 Å². The van der Waals surface area contributed by atoms with Gasteiger partial charge < -0.3 is 27.5 Å². The van der Waals surface area contributed by atoms with Crippen LogP contribution in [0.5, 0.6) is 0 Å². The molecule has 0 aliphatic carbocycles. The van der Waals surface area contributed by atoms with Crippen molar-refractivity contribution in [2.24, 2.45) is 0 Å². The summed E-state index contributed by atoms with van der Waals surface area (Å²) in [6.07, 6.45) is -0.647. The Hall–Kier alpha value is -0.339. The molecule has 2 unspecified atom stereocenters. The van der Waals surface area contributed by atoms with E-state index in [9.17, 15) is 4.79 Å². The second kappa shape index (κ2) is 12.5. The Balaban J connectivity index is 4.92. The molecule has 7 nitrogen and oxygen atoms in total. The molecule has 0 aromatic rings. The smallest absolute Gasteiger partial charge is 0.335 e. The van der Waals surface area contributed by atoms with Crippen LogP contribution in [-0.2, 0) is 27.2 Å². The van der Waals surface area contributed by atoms with E-state index in [0.29, 0.717) is 12.2 Å². The van der Waals surface area contributed by atoms with E-state index in [1.54, 1.807) is 13.8 Å². The number of rotatable bonds is 15. The van der Waals surface area contributed by atoms with Crippen LogP contribution in [0.1, 0.15) is 20.3 Å². The Morgan fingerprint density at radius 2 is 1.48 bits per heavy atom. The van der Waals surface area contributed by atoms with Gasteiger partial charge in [-0.1, -0.05) is 6.58 Å². The molecule has 0 aromatic heterocycles. The molecule has 1 N–H and O–H groups in total. The molecule has 0 radical (unpaired) electrons. The third-order valence-corrected chi connectivity index (χ3v) is 13.1. The van der Waals surface area contributed by atoms with Gasteiger partial charge in [-0.2, -0.15) is 0 Å². The quantitative estimate of drug-likeness (QED) is 0.128. The second-order valence-corrected chi connectivity index (χ2v) is 22.2. The van der Waals surface area contributed by atoms with Crippen molar-refractivity contribution in [3.05, 3.63) is 12.2 Å². The number of carbonyl (C=O) groups is 1. The van der Waals surface area contributed by atoms with Crippen LogP contribution in [0.15, 0.2) is 12.2 Å². The molecular formula is C19H42O7Si3. The van der Waals surface area contributed by atoms with Crippen molar-refractivity contribution >= 4 is 31.2 Å². The normalized spacial score (nSPS) is 15.1. The summed E-state index contributed by atoms with van der Waals surface area (Å²) in [5, 5.41) is 8.95. The molecule has 10 heteroatoms. The summed E-state index contributed by atoms with van der Waals surface area (Å²) in [6.45, 7) is 22.5. The fraction of sp³-hybridized carbons (Fsp3) is 0.842. The predicted octanol–water partition coefficient (Wildman–Crippen LogP) is 4.01. The van der Waals surface area contributed by atoms with Gasteiger partial charge in [0.15, 0.2) is 16.6 Å². The molecule has 2 atom stereocenters. The van der Waals surface area contributed by atoms with Crippen LogP contribution in [0.4, 0.5) is 0 Å². The number of aliphatic hydroxyl groups is 1. The van der Waals surface area contributed by atoms with Crippen molar-refractivity contribution in [3.63, 3.8) is 0 Å². The number of carbonyl (C=O) groups excluding carboxylic acids is 1. The van der Waals surface area contributed by atoms with E-state index in [1.807, 2.05) is 0 Å². The predicted molar refractivity (Wildman–Crippen MR) is 123 cm³/mol. The summed E-state index contributed by atoms with van der Waals surface area (Å²) in [4.78, 5) is 11.9. The van der Waals surface area contributed by atoms with E-state index in [0.717, 1.165) is 12.5 Å². The summed E-state index contributed by atoms with van der Waals surface area (Å²) >= 11 is 0. The molecule has 0 bridgehead atoms. The second-order valence-electron chi connectivity index (χ2n) is 9.39. The molecule has 0 saturated carbocycles. The third kappa shape index (κ3) is 14.3. The number of aliphatic hydroxyl groups excluding tert-OH is 1. The number of esters is 1. The van der Waals surface area contributed by atoms with Gasteiger partial charge in [0, 0.05) is 5.57 Å². The van der Waals surface area contributed by atoms with Gasteiger partial charge in [-0.05, 0) is 72.1 Å². The molecule has 0 aliphatic rings. The fourth-order valence-corrected chi connectivity index (χ4v) is 15.3. The first-order valence-corrected chi connectivity index (χ1v) is 19.5. The first-order chi connectivity index (χ1) is 13.1. The molecule has 29 heavy (non-hydrogen) atoms. The summed E-state index contributed by atoms with van der Waals surface area (Å²) < 4.78 is 29.6. The maximum absolute atomic E-state index is 11.9. The first kappa shape index (κ1) is 28.7. The summed E-state index contributed by atoms with van der Waals surface area (Å²) in [7, 11) is -5.83. The van der Waals surface area contributed by atoms with Crippen molar-refractivity contribution in [2.75, 3.05) is 19.8 Å². The fourth-order valence-electron chi connectivity index (χ4n) is 2.80. The highest BCUT2D eigenvalue weighted by Crippen LogP contribution is 2.25. The molecule has 0 amide bonds. The Bertz CT molecular complexity index is 499. The molecule has 0 heterocycles. The van der Waals surface area contributed by atoms with Crippen molar-refractivity contribution in [1.29, 1.82) is 0 Å². The van der Waals surface area contributed by atoms with Crippen molar-refractivity contribution in [2.45, 2.75) is 84.5 Å². The van der Waals surface area contributed by atoms with Gasteiger partial charge in [0.2, 0.25) is 6.29 Å². The summed E-state index contributed by atoms with van der Waals surface area (Å²) in [5.41, 5.74) is 0.292. The molecule has 0 aliphatic heterocycles. The SMILES string of the molecule is C=C(C)C(=O)OC(OCCC[Si](C)(O[Si](C)(C)C)O[Si](C)(C)C)C(C)OCCO. The Morgan fingerprint density at radius 3 is 1.90 bits per heavy atom. The van der Waals surface area contributed by atoms with Crippen LogP contribution in [0.3, 0.4) is 0 Å². The maximum Gasteiger partial charge on any atom is 0.335 e. The lowest BCUT2D eigenvalue weighted by Crippen LogP contribution is -2.52. The van der Waals surface area contributed by atoms with Crippen LogP contribution in [0, 0.1) is 0 Å². The lowest BCUT2D eigenvalue weighted by Gasteiger charge is -2.38. The average Bonchev–Trinajstić information content (AvgIpc) is 2.51. The molecule has 172 valence electrons. The minimum atomic E-state index is -2.33. The van der Waals surface area contributed by atoms with E-state index in [1.165, 1.54) is 0 Å². The Labute approximate surface area is 180 Å². The number of hydrogen-bond acceptors (Lipinski definition) is 7. The van der Waals surface area contributed by atoms with Crippen LogP contribution in [0.2, 0.25) is 51.9 Å². The standard InChI is InChI=1S/C19H42O7Si3/c1-16(2)18(21)24-19(17(3)22-14-12-20)23-13-11-15-29(10,25-27(4,5)6)26-28(7,8)9/h17,19-20H,1,11-15H2,2-10H3. The van der Waals surface area contributed by atoms with Gasteiger partial charge in [0.25, 0.3) is 0 Å². The molecule has 0 fully saturated rings. The average molecular weight is 467 g/mol. The zero-order valence-corrected chi connectivity index (χ0v) is 22.8. The third-order valence-electron chi connectivity index (χ3n) is 3.53. The van der Waals surface area contributed by atoms with Crippen molar-refractivity contribution < 1.29 is 32.3 Å². The molecule has 0 rings (SSSR count). The van der Waals surface area contributed by atoms with E-state index in [4.69, 9.17) is 27.5 Å². The lowest BCUT2D eigenvalue weighted by molar-refractivity contribution is -0.205. The van der Waals surface area contributed by atoms with Crippen LogP contribution >= 0.6 is 0 Å². The van der Waals surface area contributed by atoms with Gasteiger partial charge in [0.1, 0.15) is 6.10 Å². The highest BCUT2D eigenvalue weighted by atomic mass is 28.5. The van der Waals surface area contributed by atoms with E-state index in [-0.39, 0.29) is 13.2 Å². The minimum absolute atomic E-state index is 0.114. The van der Waals surface area contributed by atoms with Crippen LogP contribution in [0.25, 0.3) is 0 Å². The first-order valence-electron chi connectivity index (χ1n) is 10.2. The van der Waals surface area contributed by atoms with E-state index < -0.39 is 43.6 Å². The molecule has 0 saturated heterocycles. The van der Waals surface area contributed by atoms with Crippen molar-refractivity contribution in [1.82, 2.24) is 0 Å². The van der Waals surface area contributed by atoms with Gasteiger partial charge in [-0.15, -0.1) is 0 Å². The largest absolute Gasteiger partial charge is 0.437 e. The van der Waals surface area contributed by atoms with E-state index in [2.05, 4.69) is 52.4 Å².